The summed E-state index contributed by atoms with van der Waals surface area (Å²) in [4.78, 5) is 0. The van der Waals surface area contributed by atoms with E-state index in [1.54, 1.807) is 0 Å². The van der Waals surface area contributed by atoms with Crippen LogP contribution in [0, 0.1) is 5.41 Å². The molecule has 132 valence electrons. The van der Waals surface area contributed by atoms with Gasteiger partial charge in [0.25, 0.3) is 0 Å². The van der Waals surface area contributed by atoms with Crippen LogP contribution >= 0.6 is 0 Å². The number of sulfonamides is 1. The Bertz CT molecular complexity index is 871. The van der Waals surface area contributed by atoms with Gasteiger partial charge in [-0.3, -0.25) is 0 Å². The molecule has 1 aliphatic rings. The second kappa shape index (κ2) is 6.98. The average molecular weight is 357 g/mol. The predicted octanol–water partition coefficient (Wildman–Crippen LogP) is 3.07. The van der Waals surface area contributed by atoms with Crippen molar-refractivity contribution in [2.45, 2.75) is 18.8 Å². The van der Waals surface area contributed by atoms with Gasteiger partial charge in [-0.25, -0.2) is 12.7 Å². The van der Waals surface area contributed by atoms with Crippen LogP contribution in [0.15, 0.2) is 42.5 Å². The Morgan fingerprint density at radius 2 is 1.76 bits per heavy atom. The first-order valence-corrected chi connectivity index (χ1v) is 10.2. The third-order valence-corrected chi connectivity index (χ3v) is 6.16. The predicted molar refractivity (Wildman–Crippen MR) is 103 cm³/mol. The molecule has 0 radical (unpaired) electrons. The Balaban J connectivity index is 1.95. The molecule has 1 saturated heterocycles. The van der Waals surface area contributed by atoms with E-state index in [1.165, 1.54) is 16.8 Å². The van der Waals surface area contributed by atoms with Gasteiger partial charge in [0.1, 0.15) is 0 Å². The first-order chi connectivity index (χ1) is 11.9. The minimum Gasteiger partial charge on any atom is -0.398 e. The Morgan fingerprint density at radius 3 is 2.32 bits per heavy atom. The lowest BCUT2D eigenvalue weighted by Gasteiger charge is -2.31. The summed E-state index contributed by atoms with van der Waals surface area (Å²) in [5.41, 5.74) is 10.7. The zero-order valence-corrected chi connectivity index (χ0v) is 15.1. The van der Waals surface area contributed by atoms with Crippen LogP contribution in [-0.4, -0.2) is 38.3 Å². The molecular formula is C19H23N3O2S. The normalized spacial score (nSPS) is 16.7. The van der Waals surface area contributed by atoms with E-state index in [4.69, 9.17) is 11.1 Å². The van der Waals surface area contributed by atoms with Crippen LogP contribution in [0.1, 0.15) is 29.9 Å². The van der Waals surface area contributed by atoms with Crippen molar-refractivity contribution in [1.82, 2.24) is 4.31 Å². The maximum atomic E-state index is 11.7. The van der Waals surface area contributed by atoms with Crippen molar-refractivity contribution in [1.29, 1.82) is 5.41 Å². The Morgan fingerprint density at radius 1 is 1.12 bits per heavy atom. The second-order valence-electron chi connectivity index (χ2n) is 6.52. The summed E-state index contributed by atoms with van der Waals surface area (Å²) in [6.45, 7) is 1.02. The molecule has 0 aliphatic carbocycles. The van der Waals surface area contributed by atoms with Gasteiger partial charge in [-0.2, -0.15) is 0 Å². The largest absolute Gasteiger partial charge is 0.398 e. The topological polar surface area (TPSA) is 87.2 Å². The number of anilines is 1. The molecule has 25 heavy (non-hydrogen) atoms. The smallest absolute Gasteiger partial charge is 0.211 e. The van der Waals surface area contributed by atoms with Crippen molar-refractivity contribution in [2.75, 3.05) is 25.1 Å². The fourth-order valence-electron chi connectivity index (χ4n) is 3.50. The lowest BCUT2D eigenvalue weighted by molar-refractivity contribution is 0.321. The summed E-state index contributed by atoms with van der Waals surface area (Å²) in [5.74, 6) is 0.209. The molecule has 1 fully saturated rings. The van der Waals surface area contributed by atoms with E-state index in [9.17, 15) is 8.42 Å². The van der Waals surface area contributed by atoms with E-state index in [0.717, 1.165) is 35.1 Å². The van der Waals surface area contributed by atoms with E-state index >= 15 is 0 Å². The summed E-state index contributed by atoms with van der Waals surface area (Å²) in [6, 6.07) is 14.0. The highest BCUT2D eigenvalue weighted by Gasteiger charge is 2.27. The van der Waals surface area contributed by atoms with E-state index in [2.05, 4.69) is 6.07 Å². The summed E-state index contributed by atoms with van der Waals surface area (Å²) < 4.78 is 25.0. The fraction of sp³-hybridized carbons (Fsp3) is 0.316. The van der Waals surface area contributed by atoms with Crippen LogP contribution in [0.2, 0.25) is 0 Å². The van der Waals surface area contributed by atoms with Crippen molar-refractivity contribution < 1.29 is 8.42 Å². The number of nitrogen functional groups attached to an aromatic ring is 1. The summed E-state index contributed by atoms with van der Waals surface area (Å²) >= 11 is 0. The van der Waals surface area contributed by atoms with Crippen molar-refractivity contribution in [2.24, 2.45) is 0 Å². The number of piperidine rings is 1. The highest BCUT2D eigenvalue weighted by molar-refractivity contribution is 7.88. The third-order valence-electron chi connectivity index (χ3n) is 4.86. The van der Waals surface area contributed by atoms with Crippen molar-refractivity contribution in [3.63, 3.8) is 0 Å². The average Bonchev–Trinajstić information content (AvgIpc) is 2.61. The molecule has 3 rings (SSSR count). The van der Waals surface area contributed by atoms with Gasteiger partial charge in [0.2, 0.25) is 10.0 Å². The molecule has 0 saturated carbocycles. The number of benzene rings is 2. The molecule has 3 N–H and O–H groups in total. The maximum Gasteiger partial charge on any atom is 0.211 e. The van der Waals surface area contributed by atoms with Gasteiger partial charge < -0.3 is 11.1 Å². The number of hydrogen-bond acceptors (Lipinski definition) is 4. The molecule has 6 heteroatoms. The summed E-state index contributed by atoms with van der Waals surface area (Å²) in [5, 5.41) is 7.75. The SMILES string of the molecule is CS(=O)(=O)N1CCC(c2cc(-c3ccccc3)cc(N)c2C=N)CC1. The molecule has 0 unspecified atom stereocenters. The Kier molecular flexibility index (Phi) is 4.92. The van der Waals surface area contributed by atoms with E-state index < -0.39 is 10.0 Å². The van der Waals surface area contributed by atoms with Gasteiger partial charge in [-0.15, -0.1) is 0 Å². The fourth-order valence-corrected chi connectivity index (χ4v) is 4.37. The first-order valence-electron chi connectivity index (χ1n) is 8.34. The standard InChI is InChI=1S/C19H23N3O2S/c1-25(23,24)22-9-7-15(8-10-22)17-11-16(12-19(21)18(17)13-20)14-5-3-2-4-6-14/h2-6,11-13,15,20H,7-10,21H2,1H3. The number of nitrogens with one attached hydrogen (secondary N) is 1. The minimum atomic E-state index is -3.14. The quantitative estimate of drug-likeness (QED) is 0.651. The minimum absolute atomic E-state index is 0.209. The van der Waals surface area contributed by atoms with Crippen molar-refractivity contribution >= 4 is 21.9 Å². The van der Waals surface area contributed by atoms with E-state index in [0.29, 0.717) is 18.8 Å². The Labute approximate surface area is 149 Å². The maximum absolute atomic E-state index is 11.7. The van der Waals surface area contributed by atoms with E-state index in [-0.39, 0.29) is 5.92 Å². The lowest BCUT2D eigenvalue weighted by Crippen LogP contribution is -2.37. The van der Waals surface area contributed by atoms with E-state index in [1.807, 2.05) is 36.4 Å². The Hall–Kier alpha value is -2.18. The molecule has 1 heterocycles. The summed E-state index contributed by atoms with van der Waals surface area (Å²) in [7, 11) is -3.14. The number of rotatable bonds is 4. The van der Waals surface area contributed by atoms with Crippen LogP contribution in [0.5, 0.6) is 0 Å². The van der Waals surface area contributed by atoms with Crippen LogP contribution in [0.4, 0.5) is 5.69 Å². The molecule has 5 nitrogen and oxygen atoms in total. The molecule has 2 aromatic carbocycles. The van der Waals surface area contributed by atoms with Crippen molar-refractivity contribution in [3.05, 3.63) is 53.6 Å². The molecule has 0 spiro atoms. The molecule has 0 amide bonds. The van der Waals surface area contributed by atoms with Gasteiger partial charge in [0, 0.05) is 30.6 Å². The van der Waals surface area contributed by atoms with Gasteiger partial charge in [-0.1, -0.05) is 36.4 Å². The molecule has 2 aromatic rings. The van der Waals surface area contributed by atoms with Gasteiger partial charge in [0.15, 0.2) is 0 Å². The zero-order valence-electron chi connectivity index (χ0n) is 14.3. The second-order valence-corrected chi connectivity index (χ2v) is 8.50. The molecule has 1 aliphatic heterocycles. The molecule has 0 aromatic heterocycles. The highest BCUT2D eigenvalue weighted by atomic mass is 32.2. The number of nitrogens with two attached hydrogens (primary N) is 1. The lowest BCUT2D eigenvalue weighted by atomic mass is 9.84. The number of nitrogens with zero attached hydrogens (tertiary/aromatic N) is 1. The summed E-state index contributed by atoms with van der Waals surface area (Å²) in [6.07, 6.45) is 4.05. The van der Waals surface area contributed by atoms with Crippen molar-refractivity contribution in [3.8, 4) is 11.1 Å². The monoisotopic (exact) mass is 357 g/mol. The molecule has 0 bridgehead atoms. The van der Waals surface area contributed by atoms with Gasteiger partial charge in [-0.05, 0) is 41.5 Å². The van der Waals surface area contributed by atoms with Gasteiger partial charge in [0.05, 0.1) is 6.26 Å². The van der Waals surface area contributed by atoms with Crippen LogP contribution in [-0.2, 0) is 10.0 Å². The molecular weight excluding hydrogens is 334 g/mol. The zero-order chi connectivity index (χ0) is 18.0. The third kappa shape index (κ3) is 3.75. The first kappa shape index (κ1) is 17.6. The van der Waals surface area contributed by atoms with Gasteiger partial charge >= 0.3 is 0 Å². The highest BCUT2D eigenvalue weighted by Crippen LogP contribution is 2.36. The van der Waals surface area contributed by atoms with Crippen LogP contribution in [0.3, 0.4) is 0 Å². The van der Waals surface area contributed by atoms with Crippen LogP contribution < -0.4 is 5.73 Å². The van der Waals surface area contributed by atoms with Crippen LogP contribution in [0.25, 0.3) is 11.1 Å². The molecule has 0 atom stereocenters. The number of hydrogen-bond donors (Lipinski definition) is 2.